The van der Waals surface area contributed by atoms with Crippen molar-refractivity contribution in [3.8, 4) is 0 Å². The van der Waals surface area contributed by atoms with Gasteiger partial charge in [0.05, 0.1) is 13.2 Å². The number of hydrogen-bond acceptors (Lipinski definition) is 4. The fraction of sp³-hybridized carbons (Fsp3) is 0.562. The lowest BCUT2D eigenvalue weighted by molar-refractivity contribution is 0.0626. The van der Waals surface area contributed by atoms with Crippen LogP contribution in [0.3, 0.4) is 0 Å². The van der Waals surface area contributed by atoms with Crippen LogP contribution in [0.5, 0.6) is 0 Å². The van der Waals surface area contributed by atoms with E-state index < -0.39 is 0 Å². The van der Waals surface area contributed by atoms with Gasteiger partial charge in [-0.3, -0.25) is 4.79 Å². The third kappa shape index (κ3) is 4.60. The number of nitrogens with one attached hydrogen (secondary N) is 1. The Balaban J connectivity index is 0.00000242. The average molecular weight is 329 g/mol. The van der Waals surface area contributed by atoms with Crippen LogP contribution in [-0.4, -0.2) is 57.9 Å². The van der Waals surface area contributed by atoms with E-state index in [0.29, 0.717) is 26.3 Å². The lowest BCUT2D eigenvalue weighted by atomic mass is 9.97. The molecule has 0 bridgehead atoms. The summed E-state index contributed by atoms with van der Waals surface area (Å²) in [4.78, 5) is 14.6. The normalized spacial score (nSPS) is 12.8. The standard InChI is InChI=1S/C16H24N2O3.ClH/c1-20-11-9-18(10-12-21-2)16(19)14-5-3-7-15-13(14)6-4-8-17-15;/h3,5,7,17H,4,6,8-12H2,1-2H3;1H. The number of ether oxygens (including phenoxy) is 2. The molecule has 6 heteroatoms. The largest absolute Gasteiger partial charge is 0.385 e. The number of rotatable bonds is 7. The lowest BCUT2D eigenvalue weighted by Gasteiger charge is -2.26. The van der Waals surface area contributed by atoms with Crippen LogP contribution in [0.2, 0.25) is 0 Å². The van der Waals surface area contributed by atoms with E-state index in [-0.39, 0.29) is 18.3 Å². The van der Waals surface area contributed by atoms with E-state index in [9.17, 15) is 4.79 Å². The van der Waals surface area contributed by atoms with Crippen LogP contribution in [0.15, 0.2) is 18.2 Å². The molecule has 124 valence electrons. The molecule has 22 heavy (non-hydrogen) atoms. The molecule has 0 spiro atoms. The lowest BCUT2D eigenvalue weighted by Crippen LogP contribution is -2.37. The molecule has 1 aliphatic rings. The summed E-state index contributed by atoms with van der Waals surface area (Å²) in [5.41, 5.74) is 3.02. The Morgan fingerprint density at radius 3 is 2.55 bits per heavy atom. The Labute approximate surface area is 138 Å². The van der Waals surface area contributed by atoms with Gasteiger partial charge in [0.1, 0.15) is 0 Å². The Morgan fingerprint density at radius 2 is 1.91 bits per heavy atom. The third-order valence-electron chi connectivity index (χ3n) is 3.74. The van der Waals surface area contributed by atoms with E-state index in [1.54, 1.807) is 19.1 Å². The number of carbonyl (C=O) groups excluding carboxylic acids is 1. The number of methoxy groups -OCH3 is 2. The highest BCUT2D eigenvalue weighted by molar-refractivity contribution is 5.97. The van der Waals surface area contributed by atoms with Crippen LogP contribution in [0, 0.1) is 0 Å². The van der Waals surface area contributed by atoms with Gasteiger partial charge in [-0.15, -0.1) is 12.4 Å². The number of carbonyl (C=O) groups is 1. The summed E-state index contributed by atoms with van der Waals surface area (Å²) in [7, 11) is 3.29. The second-order valence-electron chi connectivity index (χ2n) is 5.14. The van der Waals surface area contributed by atoms with Gasteiger partial charge in [-0.2, -0.15) is 0 Å². The van der Waals surface area contributed by atoms with Crippen LogP contribution < -0.4 is 5.32 Å². The molecule has 1 amide bonds. The third-order valence-corrected chi connectivity index (χ3v) is 3.74. The minimum absolute atomic E-state index is 0. The Hall–Kier alpha value is -1.30. The molecule has 0 saturated carbocycles. The van der Waals surface area contributed by atoms with Gasteiger partial charge in [0.2, 0.25) is 0 Å². The van der Waals surface area contributed by atoms with E-state index in [4.69, 9.17) is 9.47 Å². The quantitative estimate of drug-likeness (QED) is 0.833. The predicted molar refractivity (Wildman–Crippen MR) is 90.2 cm³/mol. The molecule has 5 nitrogen and oxygen atoms in total. The highest BCUT2D eigenvalue weighted by Gasteiger charge is 2.21. The molecule has 1 heterocycles. The van der Waals surface area contributed by atoms with E-state index >= 15 is 0 Å². The van der Waals surface area contributed by atoms with Crippen molar-refractivity contribution < 1.29 is 14.3 Å². The smallest absolute Gasteiger partial charge is 0.254 e. The van der Waals surface area contributed by atoms with Gasteiger partial charge in [-0.1, -0.05) is 6.07 Å². The Kier molecular flexibility index (Phi) is 8.24. The van der Waals surface area contributed by atoms with Crippen molar-refractivity contribution in [2.75, 3.05) is 52.4 Å². The molecular weight excluding hydrogens is 304 g/mol. The number of halogens is 1. The van der Waals surface area contributed by atoms with Crippen molar-refractivity contribution in [1.29, 1.82) is 0 Å². The summed E-state index contributed by atoms with van der Waals surface area (Å²) in [6.45, 7) is 3.19. The Bertz CT molecular complexity index is 474. The molecule has 1 aromatic carbocycles. The van der Waals surface area contributed by atoms with Gasteiger partial charge in [-0.05, 0) is 30.5 Å². The van der Waals surface area contributed by atoms with Gasteiger partial charge in [0.25, 0.3) is 5.91 Å². The molecule has 0 saturated heterocycles. The molecule has 0 atom stereocenters. The number of amides is 1. The molecule has 1 N–H and O–H groups in total. The number of nitrogens with zero attached hydrogens (tertiary/aromatic N) is 1. The summed E-state index contributed by atoms with van der Waals surface area (Å²) in [6.07, 6.45) is 2.01. The first kappa shape index (κ1) is 18.7. The molecular formula is C16H25ClN2O3. The van der Waals surface area contributed by atoms with E-state index in [0.717, 1.165) is 36.2 Å². The molecule has 0 unspecified atom stereocenters. The number of hydrogen-bond donors (Lipinski definition) is 1. The number of fused-ring (bicyclic) bond motifs is 1. The summed E-state index contributed by atoms with van der Waals surface area (Å²) < 4.78 is 10.2. The zero-order valence-corrected chi connectivity index (χ0v) is 14.1. The molecule has 0 radical (unpaired) electrons. The van der Waals surface area contributed by atoms with Crippen molar-refractivity contribution in [2.24, 2.45) is 0 Å². The molecule has 0 aromatic heterocycles. The summed E-state index contributed by atoms with van der Waals surface area (Å²) in [5, 5.41) is 3.36. The van der Waals surface area contributed by atoms with Crippen LogP contribution in [0.1, 0.15) is 22.3 Å². The molecule has 1 aromatic rings. The van der Waals surface area contributed by atoms with Crippen molar-refractivity contribution in [1.82, 2.24) is 4.90 Å². The molecule has 0 aliphatic carbocycles. The van der Waals surface area contributed by atoms with Crippen molar-refractivity contribution in [3.63, 3.8) is 0 Å². The van der Waals surface area contributed by atoms with Gasteiger partial charge >= 0.3 is 0 Å². The Morgan fingerprint density at radius 1 is 1.23 bits per heavy atom. The molecule has 0 fully saturated rings. The second kappa shape index (κ2) is 9.66. The highest BCUT2D eigenvalue weighted by atomic mass is 35.5. The van der Waals surface area contributed by atoms with Gasteiger partial charge in [-0.25, -0.2) is 0 Å². The highest BCUT2D eigenvalue weighted by Crippen LogP contribution is 2.26. The zero-order chi connectivity index (χ0) is 15.1. The van der Waals surface area contributed by atoms with Gasteiger partial charge in [0.15, 0.2) is 0 Å². The SMILES string of the molecule is COCCN(CCOC)C(=O)c1cccc2c1CCCN2.Cl. The summed E-state index contributed by atoms with van der Waals surface area (Å²) in [6, 6.07) is 5.90. The van der Waals surface area contributed by atoms with Crippen LogP contribution in [0.4, 0.5) is 5.69 Å². The first-order chi connectivity index (χ1) is 10.3. The summed E-state index contributed by atoms with van der Waals surface area (Å²) >= 11 is 0. The monoisotopic (exact) mass is 328 g/mol. The zero-order valence-electron chi connectivity index (χ0n) is 13.3. The number of benzene rings is 1. The average Bonchev–Trinajstić information content (AvgIpc) is 2.54. The van der Waals surface area contributed by atoms with Crippen molar-refractivity contribution >= 4 is 24.0 Å². The fourth-order valence-corrected chi connectivity index (χ4v) is 2.60. The maximum absolute atomic E-state index is 12.8. The van der Waals surface area contributed by atoms with Crippen molar-refractivity contribution in [2.45, 2.75) is 12.8 Å². The molecule has 2 rings (SSSR count). The second-order valence-corrected chi connectivity index (χ2v) is 5.14. The van der Waals surface area contributed by atoms with E-state index in [2.05, 4.69) is 5.32 Å². The summed E-state index contributed by atoms with van der Waals surface area (Å²) in [5.74, 6) is 0.0599. The van der Waals surface area contributed by atoms with Crippen LogP contribution in [-0.2, 0) is 15.9 Å². The van der Waals surface area contributed by atoms with E-state index in [1.165, 1.54) is 0 Å². The first-order valence-electron chi connectivity index (χ1n) is 7.41. The number of anilines is 1. The van der Waals surface area contributed by atoms with E-state index in [1.807, 2.05) is 18.2 Å². The van der Waals surface area contributed by atoms with Gasteiger partial charge < -0.3 is 19.7 Å². The molecule has 1 aliphatic heterocycles. The minimum Gasteiger partial charge on any atom is -0.385 e. The first-order valence-corrected chi connectivity index (χ1v) is 7.41. The van der Waals surface area contributed by atoms with Crippen LogP contribution >= 0.6 is 12.4 Å². The van der Waals surface area contributed by atoms with Gasteiger partial charge in [0, 0.05) is 45.1 Å². The maximum Gasteiger partial charge on any atom is 0.254 e. The maximum atomic E-state index is 12.8. The van der Waals surface area contributed by atoms with Crippen LogP contribution in [0.25, 0.3) is 0 Å². The van der Waals surface area contributed by atoms with Crippen molar-refractivity contribution in [3.05, 3.63) is 29.3 Å². The fourth-order valence-electron chi connectivity index (χ4n) is 2.60. The topological polar surface area (TPSA) is 50.8 Å². The minimum atomic E-state index is 0. The predicted octanol–water partition coefficient (Wildman–Crippen LogP) is 2.20.